The molecule has 0 aliphatic rings. The molecule has 4 heteroatoms. The Morgan fingerprint density at radius 1 is 1.47 bits per heavy atom. The van der Waals surface area contributed by atoms with Gasteiger partial charge in [0, 0.05) is 12.3 Å². The van der Waals surface area contributed by atoms with Crippen molar-refractivity contribution < 1.29 is 9.13 Å². The van der Waals surface area contributed by atoms with E-state index >= 15 is 0 Å². The highest BCUT2D eigenvalue weighted by Gasteiger charge is 2.03. The van der Waals surface area contributed by atoms with Crippen LogP contribution >= 0.6 is 11.8 Å². The largest absolute Gasteiger partial charge is 0.490 e. The predicted octanol–water partition coefficient (Wildman–Crippen LogP) is 2.42. The Kier molecular flexibility index (Phi) is 5.50. The van der Waals surface area contributed by atoms with Gasteiger partial charge in [-0.1, -0.05) is 13.0 Å². The third-order valence-corrected chi connectivity index (χ3v) is 2.78. The Bertz CT molecular complexity index is 307. The van der Waals surface area contributed by atoms with Gasteiger partial charge in [-0.25, -0.2) is 4.39 Å². The van der Waals surface area contributed by atoms with Gasteiger partial charge in [0.15, 0.2) is 11.6 Å². The minimum Gasteiger partial charge on any atom is -0.490 e. The average Bonchev–Trinajstić information content (AvgIpc) is 2.26. The summed E-state index contributed by atoms with van der Waals surface area (Å²) in [5, 5.41) is 0. The molecule has 15 heavy (non-hydrogen) atoms. The molecule has 84 valence electrons. The fourth-order valence-electron chi connectivity index (χ4n) is 1.14. The van der Waals surface area contributed by atoms with Gasteiger partial charge in [0.05, 0.1) is 6.61 Å². The van der Waals surface area contributed by atoms with Crippen molar-refractivity contribution in [3.63, 3.8) is 0 Å². The van der Waals surface area contributed by atoms with E-state index in [0.29, 0.717) is 18.9 Å². The quantitative estimate of drug-likeness (QED) is 0.761. The summed E-state index contributed by atoms with van der Waals surface area (Å²) in [6, 6.07) is 4.84. The van der Waals surface area contributed by atoms with E-state index in [9.17, 15) is 4.39 Å². The van der Waals surface area contributed by atoms with Crippen LogP contribution < -0.4 is 10.5 Å². The lowest BCUT2D eigenvalue weighted by Crippen LogP contribution is -2.03. The lowest BCUT2D eigenvalue weighted by atomic mass is 10.2. The van der Waals surface area contributed by atoms with Crippen LogP contribution in [0.25, 0.3) is 0 Å². The first-order chi connectivity index (χ1) is 7.27. The van der Waals surface area contributed by atoms with E-state index in [1.807, 2.05) is 0 Å². The van der Waals surface area contributed by atoms with E-state index in [-0.39, 0.29) is 5.82 Å². The standard InChI is InChI=1S/C11H16FNOS/c1-2-15-6-5-14-11-4-3-9(8-13)7-10(11)12/h3-4,7H,2,5-6,8,13H2,1H3. The highest BCUT2D eigenvalue weighted by Crippen LogP contribution is 2.18. The molecule has 0 spiro atoms. The number of hydrogen-bond donors (Lipinski definition) is 1. The molecule has 0 saturated carbocycles. The summed E-state index contributed by atoms with van der Waals surface area (Å²) in [7, 11) is 0. The van der Waals surface area contributed by atoms with E-state index in [4.69, 9.17) is 10.5 Å². The topological polar surface area (TPSA) is 35.2 Å². The normalized spacial score (nSPS) is 10.3. The molecular formula is C11H16FNOS. The molecule has 0 bridgehead atoms. The number of halogens is 1. The third-order valence-electron chi connectivity index (χ3n) is 1.92. The molecule has 0 fully saturated rings. The first kappa shape index (κ1) is 12.3. The van der Waals surface area contributed by atoms with Gasteiger partial charge in [0.1, 0.15) is 0 Å². The summed E-state index contributed by atoms with van der Waals surface area (Å²) in [6.45, 7) is 2.97. The van der Waals surface area contributed by atoms with Gasteiger partial charge in [-0.05, 0) is 23.4 Å². The van der Waals surface area contributed by atoms with Crippen molar-refractivity contribution in [3.8, 4) is 5.75 Å². The maximum Gasteiger partial charge on any atom is 0.165 e. The van der Waals surface area contributed by atoms with Crippen LogP contribution in [0.5, 0.6) is 5.75 Å². The van der Waals surface area contributed by atoms with Crippen LogP contribution in [0.4, 0.5) is 4.39 Å². The van der Waals surface area contributed by atoms with Crippen molar-refractivity contribution in [1.29, 1.82) is 0 Å². The molecule has 0 aliphatic carbocycles. The van der Waals surface area contributed by atoms with E-state index < -0.39 is 0 Å². The lowest BCUT2D eigenvalue weighted by molar-refractivity contribution is 0.324. The molecule has 0 amide bonds. The molecule has 1 aromatic carbocycles. The molecule has 0 aliphatic heterocycles. The second-order valence-corrected chi connectivity index (χ2v) is 4.41. The maximum absolute atomic E-state index is 13.4. The molecule has 0 saturated heterocycles. The van der Waals surface area contributed by atoms with Gasteiger partial charge in [-0.15, -0.1) is 0 Å². The Labute approximate surface area is 94.0 Å². The smallest absolute Gasteiger partial charge is 0.165 e. The van der Waals surface area contributed by atoms with E-state index in [2.05, 4.69) is 6.92 Å². The number of thioether (sulfide) groups is 1. The monoisotopic (exact) mass is 229 g/mol. The lowest BCUT2D eigenvalue weighted by Gasteiger charge is -2.07. The fourth-order valence-corrected chi connectivity index (χ4v) is 1.63. The molecule has 2 N–H and O–H groups in total. The van der Waals surface area contributed by atoms with Crippen LogP contribution in [0.2, 0.25) is 0 Å². The van der Waals surface area contributed by atoms with E-state index in [0.717, 1.165) is 17.1 Å². The Morgan fingerprint density at radius 2 is 2.27 bits per heavy atom. The third kappa shape index (κ3) is 4.10. The molecule has 1 rings (SSSR count). The second-order valence-electron chi connectivity index (χ2n) is 3.01. The Hall–Kier alpha value is -0.740. The summed E-state index contributed by atoms with van der Waals surface area (Å²) in [6.07, 6.45) is 0. The van der Waals surface area contributed by atoms with Crippen molar-refractivity contribution in [2.75, 3.05) is 18.1 Å². The zero-order valence-electron chi connectivity index (χ0n) is 8.83. The number of hydrogen-bond acceptors (Lipinski definition) is 3. The minimum absolute atomic E-state index is 0.309. The molecule has 0 atom stereocenters. The number of nitrogens with two attached hydrogens (primary N) is 1. The van der Waals surface area contributed by atoms with Crippen molar-refractivity contribution >= 4 is 11.8 Å². The molecule has 0 aromatic heterocycles. The van der Waals surface area contributed by atoms with Crippen LogP contribution in [-0.2, 0) is 6.54 Å². The number of ether oxygens (including phenoxy) is 1. The highest BCUT2D eigenvalue weighted by atomic mass is 32.2. The second kappa shape index (κ2) is 6.69. The van der Waals surface area contributed by atoms with Crippen LogP contribution in [0, 0.1) is 5.82 Å². The van der Waals surface area contributed by atoms with Gasteiger partial charge in [-0.3, -0.25) is 0 Å². The van der Waals surface area contributed by atoms with Crippen LogP contribution in [0.15, 0.2) is 18.2 Å². The van der Waals surface area contributed by atoms with Crippen molar-refractivity contribution in [2.45, 2.75) is 13.5 Å². The zero-order valence-corrected chi connectivity index (χ0v) is 9.65. The molecule has 0 unspecified atom stereocenters. The Balaban J connectivity index is 2.47. The zero-order chi connectivity index (χ0) is 11.1. The van der Waals surface area contributed by atoms with Crippen LogP contribution in [0.1, 0.15) is 12.5 Å². The van der Waals surface area contributed by atoms with Gasteiger partial charge < -0.3 is 10.5 Å². The average molecular weight is 229 g/mol. The van der Waals surface area contributed by atoms with Gasteiger partial charge >= 0.3 is 0 Å². The number of rotatable bonds is 6. The summed E-state index contributed by atoms with van der Waals surface area (Å²) in [5.41, 5.74) is 6.18. The highest BCUT2D eigenvalue weighted by molar-refractivity contribution is 7.99. The first-order valence-corrected chi connectivity index (χ1v) is 6.12. The summed E-state index contributed by atoms with van der Waals surface area (Å²) in [5.74, 6) is 1.91. The SMILES string of the molecule is CCSCCOc1ccc(CN)cc1F. The van der Waals surface area contributed by atoms with Crippen LogP contribution in [0.3, 0.4) is 0 Å². The predicted molar refractivity (Wildman–Crippen MR) is 62.8 cm³/mol. The fraction of sp³-hybridized carbons (Fsp3) is 0.455. The summed E-state index contributed by atoms with van der Waals surface area (Å²) < 4.78 is 18.7. The minimum atomic E-state index is -0.334. The van der Waals surface area contributed by atoms with Crippen LogP contribution in [-0.4, -0.2) is 18.1 Å². The van der Waals surface area contributed by atoms with E-state index in [1.165, 1.54) is 6.07 Å². The molecule has 0 heterocycles. The van der Waals surface area contributed by atoms with Crippen molar-refractivity contribution in [2.24, 2.45) is 5.73 Å². The van der Waals surface area contributed by atoms with Gasteiger partial charge in [0.25, 0.3) is 0 Å². The van der Waals surface area contributed by atoms with E-state index in [1.54, 1.807) is 23.9 Å². The first-order valence-electron chi connectivity index (χ1n) is 4.97. The molecular weight excluding hydrogens is 213 g/mol. The van der Waals surface area contributed by atoms with Crippen molar-refractivity contribution in [1.82, 2.24) is 0 Å². The number of benzene rings is 1. The van der Waals surface area contributed by atoms with Gasteiger partial charge in [0.2, 0.25) is 0 Å². The van der Waals surface area contributed by atoms with Crippen molar-refractivity contribution in [3.05, 3.63) is 29.6 Å². The maximum atomic E-state index is 13.4. The Morgan fingerprint density at radius 3 is 2.87 bits per heavy atom. The molecule has 0 radical (unpaired) electrons. The molecule has 1 aromatic rings. The van der Waals surface area contributed by atoms with Gasteiger partial charge in [-0.2, -0.15) is 11.8 Å². The summed E-state index contributed by atoms with van der Waals surface area (Å²) >= 11 is 1.77. The summed E-state index contributed by atoms with van der Waals surface area (Å²) in [4.78, 5) is 0. The molecule has 2 nitrogen and oxygen atoms in total.